The first-order valence-electron chi connectivity index (χ1n) is 7.25. The highest BCUT2D eigenvalue weighted by molar-refractivity contribution is 7.80. The third-order valence-corrected chi connectivity index (χ3v) is 3.83. The molecule has 130 valence electrons. The molecule has 0 unspecified atom stereocenters. The largest absolute Gasteiger partial charge is 0.726 e. The fraction of sp³-hybridized carbons (Fsp3) is 0.533. The Morgan fingerprint density at radius 1 is 1.22 bits per heavy atom. The van der Waals surface area contributed by atoms with Gasteiger partial charge < -0.3 is 9.45 Å². The Hall–Kier alpha value is -1.48. The quantitative estimate of drug-likeness (QED) is 0.474. The van der Waals surface area contributed by atoms with E-state index >= 15 is 0 Å². The number of amidine groups is 1. The molecule has 0 bridgehead atoms. The van der Waals surface area contributed by atoms with Gasteiger partial charge in [-0.25, -0.2) is 13.4 Å². The Balaban J connectivity index is 0.000000379. The monoisotopic (exact) mass is 343 g/mol. The lowest BCUT2D eigenvalue weighted by atomic mass is 10.2. The third-order valence-electron chi connectivity index (χ3n) is 3.42. The highest BCUT2D eigenvalue weighted by Gasteiger charge is 2.14. The van der Waals surface area contributed by atoms with Gasteiger partial charge in [0.05, 0.1) is 33.9 Å². The molecule has 7 nitrogen and oxygen atoms in total. The van der Waals surface area contributed by atoms with Gasteiger partial charge in [-0.2, -0.15) is 0 Å². The number of hydrogen-bond acceptors (Lipinski definition) is 5. The minimum absolute atomic E-state index is 0.808. The molecule has 1 aromatic rings. The van der Waals surface area contributed by atoms with E-state index in [4.69, 9.17) is 4.99 Å². The van der Waals surface area contributed by atoms with Crippen molar-refractivity contribution in [2.45, 2.75) is 12.8 Å². The fourth-order valence-corrected chi connectivity index (χ4v) is 2.06. The lowest BCUT2D eigenvalue weighted by Gasteiger charge is -2.23. The maximum atomic E-state index is 9.22. The Bertz CT molecular complexity index is 634. The van der Waals surface area contributed by atoms with Gasteiger partial charge >= 0.3 is 0 Å². The van der Waals surface area contributed by atoms with E-state index in [-0.39, 0.29) is 0 Å². The predicted molar refractivity (Wildman–Crippen MR) is 91.7 cm³/mol. The van der Waals surface area contributed by atoms with E-state index in [0.29, 0.717) is 0 Å². The molecule has 0 radical (unpaired) electrons. The van der Waals surface area contributed by atoms with Crippen molar-refractivity contribution in [3.05, 3.63) is 24.3 Å². The maximum absolute atomic E-state index is 9.22. The molecule has 1 aliphatic heterocycles. The van der Waals surface area contributed by atoms with E-state index in [2.05, 4.69) is 61.5 Å². The van der Waals surface area contributed by atoms with E-state index < -0.39 is 10.4 Å². The highest BCUT2D eigenvalue weighted by atomic mass is 32.3. The summed E-state index contributed by atoms with van der Waals surface area (Å²) < 4.78 is 31.9. The number of hydrogen-bond donors (Lipinski definition) is 0. The number of aliphatic imine (C=N–C) groups is 1. The molecule has 0 atom stereocenters. The van der Waals surface area contributed by atoms with Gasteiger partial charge in [-0.15, -0.1) is 0 Å². The van der Waals surface area contributed by atoms with Crippen LogP contribution in [-0.4, -0.2) is 65.6 Å². The normalized spacial score (nSPS) is 17.1. The zero-order valence-electron chi connectivity index (χ0n) is 14.3. The van der Waals surface area contributed by atoms with Crippen LogP contribution >= 0.6 is 0 Å². The average Bonchev–Trinajstić information content (AvgIpc) is 2.84. The summed E-state index contributed by atoms with van der Waals surface area (Å²) in [5.41, 5.74) is 2.36. The van der Waals surface area contributed by atoms with Crippen LogP contribution in [-0.2, 0) is 14.6 Å². The molecule has 1 aromatic carbocycles. The summed E-state index contributed by atoms with van der Waals surface area (Å²) in [6.07, 6.45) is 2.33. The van der Waals surface area contributed by atoms with Crippen LogP contribution < -0.4 is 4.48 Å². The van der Waals surface area contributed by atoms with Gasteiger partial charge in [-0.05, 0) is 18.6 Å². The van der Waals surface area contributed by atoms with Crippen LogP contribution in [0.25, 0.3) is 0 Å². The molecule has 0 amide bonds. The van der Waals surface area contributed by atoms with Crippen molar-refractivity contribution in [2.24, 2.45) is 4.99 Å². The fourth-order valence-electron chi connectivity index (χ4n) is 2.06. The van der Waals surface area contributed by atoms with Crippen molar-refractivity contribution in [1.82, 2.24) is 9.38 Å². The van der Waals surface area contributed by atoms with Gasteiger partial charge in [0.25, 0.3) is 0 Å². The van der Waals surface area contributed by atoms with Gasteiger partial charge in [0.1, 0.15) is 11.5 Å². The van der Waals surface area contributed by atoms with Crippen LogP contribution in [0, 0.1) is 0 Å². The molecule has 0 saturated carbocycles. The molecule has 2 rings (SSSR count). The first kappa shape index (κ1) is 19.6. The van der Waals surface area contributed by atoms with Gasteiger partial charge in [0.15, 0.2) is 0 Å². The SMILES string of the molecule is CN1CCCC1=Nc1ccc([N+](C)(C)C)cc1.COS(=O)(=O)[O-]. The summed E-state index contributed by atoms with van der Waals surface area (Å²) in [6.45, 7) is 1.13. The summed E-state index contributed by atoms with van der Waals surface area (Å²) in [5.74, 6) is 1.21. The van der Waals surface area contributed by atoms with Crippen LogP contribution in [0.4, 0.5) is 11.4 Å². The van der Waals surface area contributed by atoms with Gasteiger partial charge in [-0.3, -0.25) is 8.67 Å². The Kier molecular flexibility index (Phi) is 6.69. The second-order valence-electron chi connectivity index (χ2n) is 6.16. The Labute approximate surface area is 138 Å². The molecule has 1 aliphatic rings. The predicted octanol–water partition coefficient (Wildman–Crippen LogP) is 1.73. The zero-order valence-corrected chi connectivity index (χ0v) is 15.1. The smallest absolute Gasteiger partial charge is 0.217 e. The van der Waals surface area contributed by atoms with Crippen LogP contribution in [0.3, 0.4) is 0 Å². The average molecular weight is 343 g/mol. The molecule has 1 heterocycles. The summed E-state index contributed by atoms with van der Waals surface area (Å²) in [6, 6.07) is 8.54. The van der Waals surface area contributed by atoms with Crippen LogP contribution in [0.15, 0.2) is 29.3 Å². The first-order chi connectivity index (χ1) is 10.5. The second-order valence-corrected chi connectivity index (χ2v) is 7.31. The summed E-state index contributed by atoms with van der Waals surface area (Å²) in [4.78, 5) is 6.94. The molecule has 1 saturated heterocycles. The minimum atomic E-state index is -4.41. The van der Waals surface area contributed by atoms with Crippen molar-refractivity contribution in [3.63, 3.8) is 0 Å². The molecule has 0 N–H and O–H groups in total. The van der Waals surface area contributed by atoms with E-state index in [1.54, 1.807) is 0 Å². The molecular formula is C15H25N3O4S. The van der Waals surface area contributed by atoms with Crippen LogP contribution in [0.2, 0.25) is 0 Å². The topological polar surface area (TPSA) is 82.0 Å². The zero-order chi connectivity index (χ0) is 17.7. The number of rotatable bonds is 3. The molecule has 0 aromatic heterocycles. The van der Waals surface area contributed by atoms with Crippen LogP contribution in [0.5, 0.6) is 0 Å². The van der Waals surface area contributed by atoms with E-state index in [1.165, 1.54) is 17.9 Å². The van der Waals surface area contributed by atoms with Crippen molar-refractivity contribution >= 4 is 27.6 Å². The standard InChI is InChI=1S/C14H22N3.CH4O4S/c1-16-11-5-6-14(16)15-12-7-9-13(10-8-12)17(2,3)4;1-5-6(2,3)4/h7-10H,5-6,11H2,1-4H3;1H3,(H,2,3,4)/q+1;/p-1. The lowest BCUT2D eigenvalue weighted by Crippen LogP contribution is -2.34. The number of likely N-dealkylation sites (tertiary alicyclic amines) is 1. The van der Waals surface area contributed by atoms with E-state index in [9.17, 15) is 13.0 Å². The lowest BCUT2D eigenvalue weighted by molar-refractivity contribution is 0.314. The number of benzene rings is 1. The Morgan fingerprint density at radius 3 is 2.09 bits per heavy atom. The van der Waals surface area contributed by atoms with E-state index in [0.717, 1.165) is 30.2 Å². The van der Waals surface area contributed by atoms with Crippen molar-refractivity contribution in [1.29, 1.82) is 0 Å². The third kappa shape index (κ3) is 7.08. The van der Waals surface area contributed by atoms with Crippen molar-refractivity contribution in [2.75, 3.05) is 41.8 Å². The Morgan fingerprint density at radius 2 is 1.74 bits per heavy atom. The molecule has 1 fully saturated rings. The maximum Gasteiger partial charge on any atom is 0.217 e. The molecular weight excluding hydrogens is 318 g/mol. The summed E-state index contributed by atoms with van der Waals surface area (Å²) in [7, 11) is 5.03. The summed E-state index contributed by atoms with van der Waals surface area (Å²) in [5, 5.41) is 0. The summed E-state index contributed by atoms with van der Waals surface area (Å²) >= 11 is 0. The van der Waals surface area contributed by atoms with Gasteiger partial charge in [0, 0.05) is 32.1 Å². The molecule has 0 aliphatic carbocycles. The van der Waals surface area contributed by atoms with E-state index in [1.807, 2.05) is 0 Å². The van der Waals surface area contributed by atoms with Crippen molar-refractivity contribution in [3.8, 4) is 0 Å². The molecule has 0 spiro atoms. The van der Waals surface area contributed by atoms with Gasteiger partial charge in [0.2, 0.25) is 10.4 Å². The van der Waals surface area contributed by atoms with Gasteiger partial charge in [-0.1, -0.05) is 0 Å². The van der Waals surface area contributed by atoms with Crippen LogP contribution in [0.1, 0.15) is 12.8 Å². The second kappa shape index (κ2) is 7.87. The number of nitrogens with zero attached hydrogens (tertiary/aromatic N) is 3. The number of quaternary nitrogens is 1. The van der Waals surface area contributed by atoms with Crippen molar-refractivity contribution < 1.29 is 17.2 Å². The molecule has 8 heteroatoms. The highest BCUT2D eigenvalue weighted by Crippen LogP contribution is 2.23. The molecule has 23 heavy (non-hydrogen) atoms. The minimum Gasteiger partial charge on any atom is -0.726 e. The first-order valence-corrected chi connectivity index (χ1v) is 8.58.